The van der Waals surface area contributed by atoms with Crippen molar-refractivity contribution in [2.45, 2.75) is 33.4 Å². The molecule has 0 spiro atoms. The Morgan fingerprint density at radius 3 is 2.59 bits per heavy atom. The number of ether oxygens (including phenoxy) is 1. The fourth-order valence-corrected chi connectivity index (χ4v) is 3.65. The summed E-state index contributed by atoms with van der Waals surface area (Å²) in [4.78, 5) is 26.2. The summed E-state index contributed by atoms with van der Waals surface area (Å²) in [6, 6.07) is 14.3. The summed E-state index contributed by atoms with van der Waals surface area (Å²) in [7, 11) is 0. The third-order valence-electron chi connectivity index (χ3n) is 4.62. The van der Waals surface area contributed by atoms with Crippen molar-refractivity contribution in [1.29, 1.82) is 5.26 Å². The molecule has 1 atom stereocenters. The van der Waals surface area contributed by atoms with Gasteiger partial charge in [-0.2, -0.15) is 5.26 Å². The number of nitrogens with zero attached hydrogens (tertiary/aromatic N) is 2. The van der Waals surface area contributed by atoms with Gasteiger partial charge in [-0.15, -0.1) is 11.3 Å². The van der Waals surface area contributed by atoms with E-state index in [0.29, 0.717) is 23.4 Å². The quantitative estimate of drug-likeness (QED) is 0.619. The number of rotatable bonds is 6. The number of hydrogen-bond donors (Lipinski definition) is 1. The molecule has 3 aromatic rings. The number of carbonyl (C=O) groups excluding carboxylic acids is 2. The van der Waals surface area contributed by atoms with Gasteiger partial charge < -0.3 is 14.6 Å². The summed E-state index contributed by atoms with van der Waals surface area (Å²) in [5.41, 5.74) is 3.25. The second-order valence-electron chi connectivity index (χ2n) is 6.68. The lowest BCUT2D eigenvalue weighted by Crippen LogP contribution is -2.30. The van der Waals surface area contributed by atoms with Gasteiger partial charge in [0.15, 0.2) is 6.10 Å². The molecule has 0 fully saturated rings. The third-order valence-corrected chi connectivity index (χ3v) is 5.48. The van der Waals surface area contributed by atoms with Gasteiger partial charge in [-0.1, -0.05) is 6.07 Å². The van der Waals surface area contributed by atoms with Crippen LogP contribution in [0.1, 0.15) is 39.1 Å². The van der Waals surface area contributed by atoms with Crippen molar-refractivity contribution in [3.8, 4) is 6.07 Å². The van der Waals surface area contributed by atoms with E-state index in [1.165, 1.54) is 11.8 Å². The highest BCUT2D eigenvalue weighted by Crippen LogP contribution is 2.20. The molecule has 2 heterocycles. The van der Waals surface area contributed by atoms with Gasteiger partial charge in [-0.3, -0.25) is 4.79 Å². The van der Waals surface area contributed by atoms with Crippen LogP contribution < -0.4 is 5.32 Å². The SMILES string of the molecule is Cc1cc(C(=O)O[C@@H](C)C(=O)Nc2ccc(C#N)cc2)c(C)n1Cc1cccs1. The smallest absolute Gasteiger partial charge is 0.340 e. The third kappa shape index (κ3) is 4.73. The van der Waals surface area contributed by atoms with Crippen molar-refractivity contribution < 1.29 is 14.3 Å². The topological polar surface area (TPSA) is 84.1 Å². The normalized spacial score (nSPS) is 11.5. The van der Waals surface area contributed by atoms with Crippen LogP contribution in [0.15, 0.2) is 47.8 Å². The van der Waals surface area contributed by atoms with Crippen LogP contribution >= 0.6 is 11.3 Å². The number of carbonyl (C=O) groups is 2. The van der Waals surface area contributed by atoms with Crippen molar-refractivity contribution >= 4 is 28.9 Å². The molecule has 0 aliphatic carbocycles. The molecule has 148 valence electrons. The van der Waals surface area contributed by atoms with Gasteiger partial charge >= 0.3 is 5.97 Å². The van der Waals surface area contributed by atoms with Crippen LogP contribution in [-0.4, -0.2) is 22.5 Å². The van der Waals surface area contributed by atoms with Crippen LogP contribution in [0.4, 0.5) is 5.69 Å². The minimum atomic E-state index is -0.960. The average molecular weight is 407 g/mol. The molecule has 0 bridgehead atoms. The molecule has 7 heteroatoms. The van der Waals surface area contributed by atoms with Crippen LogP contribution in [0.2, 0.25) is 0 Å². The van der Waals surface area contributed by atoms with Gasteiger partial charge in [-0.05, 0) is 62.5 Å². The van der Waals surface area contributed by atoms with Gasteiger partial charge in [0.05, 0.1) is 23.7 Å². The van der Waals surface area contributed by atoms with E-state index >= 15 is 0 Å². The summed E-state index contributed by atoms with van der Waals surface area (Å²) >= 11 is 1.66. The van der Waals surface area contributed by atoms with Crippen LogP contribution in [0.3, 0.4) is 0 Å². The van der Waals surface area contributed by atoms with Gasteiger partial charge in [-0.25, -0.2) is 4.79 Å². The zero-order valence-electron chi connectivity index (χ0n) is 16.4. The molecule has 1 amide bonds. The van der Waals surface area contributed by atoms with Gasteiger partial charge in [0.1, 0.15) is 0 Å². The molecule has 2 aromatic heterocycles. The Balaban J connectivity index is 1.66. The number of nitriles is 1. The number of anilines is 1. The first kappa shape index (κ1) is 20.4. The predicted molar refractivity (Wildman–Crippen MR) is 112 cm³/mol. The van der Waals surface area contributed by atoms with E-state index < -0.39 is 18.0 Å². The van der Waals surface area contributed by atoms with Crippen molar-refractivity contribution in [2.75, 3.05) is 5.32 Å². The standard InChI is InChI=1S/C22H21N3O3S/c1-14-11-20(15(2)25(14)13-19-5-4-10-29-19)22(27)28-16(3)21(26)24-18-8-6-17(12-23)7-9-18/h4-11,16H,13H2,1-3H3,(H,24,26)/t16-/m0/s1. The summed E-state index contributed by atoms with van der Waals surface area (Å²) in [6.07, 6.45) is -0.960. The number of hydrogen-bond acceptors (Lipinski definition) is 5. The maximum absolute atomic E-state index is 12.6. The van der Waals surface area contributed by atoms with Gasteiger partial charge in [0.25, 0.3) is 5.91 Å². The Morgan fingerprint density at radius 1 is 1.24 bits per heavy atom. The molecule has 0 aliphatic heterocycles. The van der Waals surface area contributed by atoms with Crippen LogP contribution in [0.5, 0.6) is 0 Å². The first-order valence-electron chi connectivity index (χ1n) is 9.10. The summed E-state index contributed by atoms with van der Waals surface area (Å²) in [5.74, 6) is -0.964. The molecule has 1 N–H and O–H groups in total. The molecule has 0 aliphatic rings. The van der Waals surface area contributed by atoms with Crippen molar-refractivity contribution in [3.63, 3.8) is 0 Å². The molecule has 29 heavy (non-hydrogen) atoms. The zero-order valence-corrected chi connectivity index (χ0v) is 17.2. The maximum Gasteiger partial charge on any atom is 0.340 e. The summed E-state index contributed by atoms with van der Waals surface area (Å²) in [5, 5.41) is 13.5. The molecule has 0 unspecified atom stereocenters. The van der Waals surface area contributed by atoms with E-state index in [1.54, 1.807) is 41.7 Å². The lowest BCUT2D eigenvalue weighted by Gasteiger charge is -2.14. The van der Waals surface area contributed by atoms with E-state index in [1.807, 2.05) is 31.4 Å². The van der Waals surface area contributed by atoms with Crippen LogP contribution in [0.25, 0.3) is 0 Å². The number of aromatic nitrogens is 1. The Labute approximate surface area is 173 Å². The fraction of sp³-hybridized carbons (Fsp3) is 0.227. The van der Waals surface area contributed by atoms with Crippen LogP contribution in [-0.2, 0) is 16.1 Å². The summed E-state index contributed by atoms with van der Waals surface area (Å²) in [6.45, 7) is 6.04. The lowest BCUT2D eigenvalue weighted by atomic mass is 10.2. The highest BCUT2D eigenvalue weighted by atomic mass is 32.1. The average Bonchev–Trinajstić information content (AvgIpc) is 3.32. The predicted octanol–water partition coefficient (Wildman–Crippen LogP) is 4.27. The number of thiophene rings is 1. The van der Waals surface area contributed by atoms with Gasteiger partial charge in [0.2, 0.25) is 0 Å². The number of amides is 1. The Bertz CT molecular complexity index is 1060. The molecular weight excluding hydrogens is 386 g/mol. The monoisotopic (exact) mass is 407 g/mol. The van der Waals surface area contributed by atoms with Crippen LogP contribution in [0, 0.1) is 25.2 Å². The zero-order chi connectivity index (χ0) is 21.0. The van der Waals surface area contributed by atoms with E-state index in [0.717, 1.165) is 11.4 Å². The van der Waals surface area contributed by atoms with Gasteiger partial charge in [0, 0.05) is 22.0 Å². The highest BCUT2D eigenvalue weighted by Gasteiger charge is 2.23. The van der Waals surface area contributed by atoms with E-state index in [9.17, 15) is 9.59 Å². The largest absolute Gasteiger partial charge is 0.449 e. The molecule has 6 nitrogen and oxygen atoms in total. The minimum Gasteiger partial charge on any atom is -0.449 e. The Hall–Kier alpha value is -3.37. The van der Waals surface area contributed by atoms with E-state index in [4.69, 9.17) is 10.00 Å². The molecule has 0 radical (unpaired) electrons. The number of nitrogens with one attached hydrogen (secondary N) is 1. The Kier molecular flexibility index (Phi) is 6.15. The van der Waals surface area contributed by atoms with Crippen molar-refractivity contribution in [3.05, 3.63) is 75.2 Å². The first-order chi connectivity index (χ1) is 13.9. The molecule has 0 saturated carbocycles. The maximum atomic E-state index is 12.6. The number of aryl methyl sites for hydroxylation is 1. The Morgan fingerprint density at radius 2 is 1.97 bits per heavy atom. The minimum absolute atomic E-state index is 0.435. The van der Waals surface area contributed by atoms with Crippen molar-refractivity contribution in [1.82, 2.24) is 4.57 Å². The highest BCUT2D eigenvalue weighted by molar-refractivity contribution is 7.09. The number of benzene rings is 1. The second kappa shape index (κ2) is 8.76. The van der Waals surface area contributed by atoms with Crippen molar-refractivity contribution in [2.24, 2.45) is 0 Å². The fourth-order valence-electron chi connectivity index (χ4n) is 2.96. The molecule has 0 saturated heterocycles. The second-order valence-corrected chi connectivity index (χ2v) is 7.71. The number of esters is 1. The molecule has 3 rings (SSSR count). The summed E-state index contributed by atoms with van der Waals surface area (Å²) < 4.78 is 7.45. The molecule has 1 aromatic carbocycles. The molecular formula is C22H21N3O3S. The first-order valence-corrected chi connectivity index (χ1v) is 9.98. The van der Waals surface area contributed by atoms with E-state index in [2.05, 4.69) is 16.0 Å². The lowest BCUT2D eigenvalue weighted by molar-refractivity contribution is -0.123. The van der Waals surface area contributed by atoms with E-state index in [-0.39, 0.29) is 0 Å².